The number of hydrogen-bond acceptors (Lipinski definition) is 15. The molecule has 0 radical (unpaired) electrons. The van der Waals surface area contributed by atoms with Crippen LogP contribution >= 0.6 is 0 Å². The van der Waals surface area contributed by atoms with Gasteiger partial charge in [0.15, 0.2) is 11.6 Å². The molecular weight excluding hydrogens is 923 g/mol. The van der Waals surface area contributed by atoms with Gasteiger partial charge in [-0.05, 0) is 117 Å². The number of anilines is 6. The van der Waals surface area contributed by atoms with Crippen molar-refractivity contribution in [1.29, 1.82) is 0 Å². The quantitative estimate of drug-likeness (QED) is 0.0879. The molecule has 4 aliphatic heterocycles. The Hall–Kier alpha value is -6.96. The summed E-state index contributed by atoms with van der Waals surface area (Å²) in [5.74, 6) is 1.30. The van der Waals surface area contributed by atoms with E-state index in [1.54, 1.807) is 37.4 Å². The summed E-state index contributed by atoms with van der Waals surface area (Å²) in [6.45, 7) is 14.6. The van der Waals surface area contributed by atoms with Crippen molar-refractivity contribution >= 4 is 50.4 Å². The number of piperidine rings is 2. The van der Waals surface area contributed by atoms with Crippen molar-refractivity contribution in [2.75, 3.05) is 85.1 Å². The number of aromatic nitrogens is 5. The van der Waals surface area contributed by atoms with Crippen LogP contribution < -0.4 is 24.2 Å². The lowest BCUT2D eigenvalue weighted by atomic mass is 9.71. The lowest BCUT2D eigenvalue weighted by Crippen LogP contribution is -2.60. The van der Waals surface area contributed by atoms with Crippen molar-refractivity contribution in [2.45, 2.75) is 58.9 Å². The number of sulfonamides is 1. The van der Waals surface area contributed by atoms with Gasteiger partial charge < -0.3 is 40.1 Å². The minimum atomic E-state index is -3.90. The van der Waals surface area contributed by atoms with E-state index in [2.05, 4.69) is 58.4 Å². The molecule has 372 valence electrons. The summed E-state index contributed by atoms with van der Waals surface area (Å²) in [5, 5.41) is 43.1. The maximum atomic E-state index is 13.4. The molecule has 4 aliphatic rings. The van der Waals surface area contributed by atoms with E-state index in [4.69, 9.17) is 4.74 Å². The van der Waals surface area contributed by atoms with Gasteiger partial charge in [0.1, 0.15) is 22.9 Å². The number of fused-ring (bicyclic) bond motifs is 2. The summed E-state index contributed by atoms with van der Waals surface area (Å²) in [4.78, 5) is 31.5. The molecular formula is C52H61N11O7S. The van der Waals surface area contributed by atoms with Crippen LogP contribution in [-0.2, 0) is 16.6 Å². The fourth-order valence-electron chi connectivity index (χ4n) is 10.8. The molecule has 3 fully saturated rings. The van der Waals surface area contributed by atoms with Crippen LogP contribution in [0.1, 0.15) is 73.9 Å². The van der Waals surface area contributed by atoms with Crippen molar-refractivity contribution in [3.05, 3.63) is 102 Å². The maximum absolute atomic E-state index is 13.4. The fourth-order valence-corrected chi connectivity index (χ4v) is 11.8. The average molecular weight is 984 g/mol. The Morgan fingerprint density at radius 3 is 2.27 bits per heavy atom. The molecule has 1 amide bonds. The van der Waals surface area contributed by atoms with Crippen LogP contribution in [0.25, 0.3) is 17.1 Å². The number of nitrogens with zero attached hydrogens (tertiary/aromatic N) is 10. The van der Waals surface area contributed by atoms with Gasteiger partial charge in [-0.1, -0.05) is 43.2 Å². The molecule has 4 N–H and O–H groups in total. The second-order valence-corrected chi connectivity index (χ2v) is 21.7. The molecule has 18 nitrogen and oxygen atoms in total. The summed E-state index contributed by atoms with van der Waals surface area (Å²) in [6.07, 6.45) is 7.18. The number of hydrogen-bond donors (Lipinski definition) is 4. The van der Waals surface area contributed by atoms with Crippen molar-refractivity contribution in [2.24, 2.45) is 11.3 Å². The fraction of sp³-hybridized carbons (Fsp3) is 0.404. The molecule has 0 bridgehead atoms. The highest BCUT2D eigenvalue weighted by atomic mass is 32.2. The average Bonchev–Trinajstić information content (AvgIpc) is 3.68. The van der Waals surface area contributed by atoms with Gasteiger partial charge in [0, 0.05) is 64.1 Å². The van der Waals surface area contributed by atoms with Crippen molar-refractivity contribution in [3.63, 3.8) is 0 Å². The molecule has 0 aliphatic carbocycles. The predicted octanol–water partition coefficient (Wildman–Crippen LogP) is 7.61. The minimum Gasteiger partial charge on any atom is -0.508 e. The van der Waals surface area contributed by atoms with Crippen molar-refractivity contribution in [1.82, 2.24) is 34.5 Å². The highest BCUT2D eigenvalue weighted by Crippen LogP contribution is 2.44. The van der Waals surface area contributed by atoms with Crippen LogP contribution in [-0.4, -0.2) is 130 Å². The Kier molecular flexibility index (Phi) is 12.8. The Morgan fingerprint density at radius 1 is 0.845 bits per heavy atom. The molecule has 0 unspecified atom stereocenters. The molecule has 6 aromatic rings. The van der Waals surface area contributed by atoms with E-state index >= 15 is 0 Å². The van der Waals surface area contributed by atoms with Gasteiger partial charge in [-0.25, -0.2) is 22.3 Å². The zero-order chi connectivity index (χ0) is 49.8. The monoisotopic (exact) mass is 983 g/mol. The second kappa shape index (κ2) is 19.0. The number of ether oxygens (including phenoxy) is 1. The zero-order valence-electron chi connectivity index (χ0n) is 40.8. The van der Waals surface area contributed by atoms with Crippen molar-refractivity contribution < 1.29 is 33.3 Å². The number of likely N-dealkylation sites (tertiary alicyclic amines) is 2. The smallest absolute Gasteiger partial charge is 0.319 e. The summed E-state index contributed by atoms with van der Waals surface area (Å²) in [7, 11) is -2.32. The highest BCUT2D eigenvalue weighted by Gasteiger charge is 2.45. The number of amides is 1. The van der Waals surface area contributed by atoms with E-state index in [1.165, 1.54) is 40.1 Å². The number of carbonyl (C=O) groups excluding carboxylic acids is 1. The number of benzene rings is 4. The van der Waals surface area contributed by atoms with E-state index in [0.717, 1.165) is 81.4 Å². The summed E-state index contributed by atoms with van der Waals surface area (Å²) >= 11 is 0. The topological polar surface area (TPSA) is 206 Å². The van der Waals surface area contributed by atoms with Crippen LogP contribution in [0.2, 0.25) is 0 Å². The Balaban J connectivity index is 0.711. The first-order valence-corrected chi connectivity index (χ1v) is 26.2. The summed E-state index contributed by atoms with van der Waals surface area (Å²) in [6, 6.07) is 23.4. The number of para-hydroxylation sites is 1. The molecule has 0 saturated carbocycles. The lowest BCUT2D eigenvalue weighted by molar-refractivity contribution is -0.0533. The largest absolute Gasteiger partial charge is 0.508 e. The van der Waals surface area contributed by atoms with E-state index in [1.807, 2.05) is 45.0 Å². The standard InChI is InChI=1S/C52H61N11O7S/c1-6-70-46-25-37(15-16-41(46)54-50-53-28-43-48(55-50)63(71(5,68)69)42-10-8-7-9-38(42)49(66)58(43)4)61-21-17-35(18-22-61)29-59-23-19-52(20-24-59)31-60(32-52)30-34-11-13-36(14-12-34)62-47(56-57-51(62)67)40-26-39(33(2)3)44(64)27-45(40)65/h7-16,25-28,33,35,64-65H,6,17-24,29-32H2,1-5H3,(H,57,67)(H,53,54,55). The molecule has 71 heavy (non-hydrogen) atoms. The summed E-state index contributed by atoms with van der Waals surface area (Å²) < 4.78 is 35.2. The zero-order valence-corrected chi connectivity index (χ0v) is 41.6. The van der Waals surface area contributed by atoms with Gasteiger partial charge in [-0.15, -0.1) is 5.10 Å². The minimum absolute atomic E-state index is 0.00937. The number of phenolic OH excluding ortho intramolecular Hbond substituents is 2. The molecule has 19 heteroatoms. The van der Waals surface area contributed by atoms with Crippen LogP contribution in [0.15, 0.2) is 85.1 Å². The number of carbonyl (C=O) groups is 1. The van der Waals surface area contributed by atoms with Crippen LogP contribution in [0.5, 0.6) is 23.3 Å². The molecule has 6 heterocycles. The maximum Gasteiger partial charge on any atom is 0.319 e. The Morgan fingerprint density at radius 2 is 1.56 bits per heavy atom. The van der Waals surface area contributed by atoms with Gasteiger partial charge in [0.05, 0.1) is 47.2 Å². The summed E-state index contributed by atoms with van der Waals surface area (Å²) in [5.41, 5.74) is 5.70. The van der Waals surface area contributed by atoms with Crippen LogP contribution in [0.4, 0.5) is 34.5 Å². The highest BCUT2D eigenvalue weighted by molar-refractivity contribution is 7.92. The van der Waals surface area contributed by atoms with Crippen LogP contribution in [0, 0.1) is 11.3 Å². The molecule has 3 saturated heterocycles. The molecule has 4 aromatic carbocycles. The van der Waals surface area contributed by atoms with Gasteiger partial charge in [-0.3, -0.25) is 9.69 Å². The number of aromatic hydroxyl groups is 3. The second-order valence-electron chi connectivity index (χ2n) is 19.8. The van der Waals surface area contributed by atoms with E-state index in [-0.39, 0.29) is 63.9 Å². The third-order valence-corrected chi connectivity index (χ3v) is 15.6. The third kappa shape index (κ3) is 9.40. The van der Waals surface area contributed by atoms with Gasteiger partial charge in [0.25, 0.3) is 5.91 Å². The first-order chi connectivity index (χ1) is 34.1. The Labute approximate surface area is 414 Å². The van der Waals surface area contributed by atoms with Gasteiger partial charge in [-0.2, -0.15) is 4.98 Å². The predicted molar refractivity (Wildman–Crippen MR) is 273 cm³/mol. The lowest BCUT2D eigenvalue weighted by Gasteiger charge is -2.54. The third-order valence-electron chi connectivity index (χ3n) is 14.6. The van der Waals surface area contributed by atoms with Crippen LogP contribution in [0.3, 0.4) is 0 Å². The van der Waals surface area contributed by atoms with Gasteiger partial charge >= 0.3 is 6.01 Å². The van der Waals surface area contributed by atoms with E-state index in [9.17, 15) is 28.5 Å². The molecule has 10 rings (SSSR count). The first-order valence-electron chi connectivity index (χ1n) is 24.4. The molecule has 2 aromatic heterocycles. The number of phenols is 2. The normalized spacial score (nSPS) is 17.5. The first kappa shape index (κ1) is 47.7. The van der Waals surface area contributed by atoms with Gasteiger partial charge in [0.2, 0.25) is 16.0 Å². The molecule has 1 spiro atoms. The molecule has 0 atom stereocenters. The SMILES string of the molecule is CCOc1cc(N2CCC(CN3CCC4(CC3)CN(Cc3ccc(-n5c(O)nnc5-c5cc(C(C)C)c(O)cc5O)cc3)C4)CC2)ccc1Nc1ncc2c(n1)N(S(C)(=O)=O)c1ccccc1C(=O)N2C. The number of nitrogens with one attached hydrogen (secondary N) is 1. The van der Waals surface area contributed by atoms with Crippen molar-refractivity contribution in [3.8, 4) is 40.3 Å². The van der Waals surface area contributed by atoms with E-state index in [0.29, 0.717) is 46.2 Å². The Bertz CT molecular complexity index is 3070. The number of rotatable bonds is 13. The van der Waals surface area contributed by atoms with E-state index < -0.39 is 10.0 Å².